The maximum Gasteiger partial charge on any atom is 0.165 e. The van der Waals surface area contributed by atoms with Crippen LogP contribution in [0.25, 0.3) is 0 Å². The van der Waals surface area contributed by atoms with Crippen molar-refractivity contribution in [1.82, 2.24) is 5.32 Å². The highest BCUT2D eigenvalue weighted by Gasteiger charge is 2.27. The molecule has 3 aromatic carbocycles. The third-order valence-electron chi connectivity index (χ3n) is 7.29. The van der Waals surface area contributed by atoms with Crippen molar-refractivity contribution in [3.8, 4) is 11.5 Å². The average Bonchev–Trinajstić information content (AvgIpc) is 2.96. The van der Waals surface area contributed by atoms with E-state index in [0.717, 1.165) is 68.2 Å². The van der Waals surface area contributed by atoms with Crippen molar-refractivity contribution in [3.63, 3.8) is 0 Å². The molecule has 2 aliphatic heterocycles. The number of benzene rings is 3. The number of hydrogen-bond donors (Lipinski definition) is 1. The number of piperidine rings is 1. The summed E-state index contributed by atoms with van der Waals surface area (Å²) < 4.78 is 37.1. The van der Waals surface area contributed by atoms with Crippen LogP contribution in [0.1, 0.15) is 35.4 Å². The predicted octanol–water partition coefficient (Wildman–Crippen LogP) is 5.30. The topological polar surface area (TPSA) is 52.2 Å². The Kier molecular flexibility index (Phi) is 9.12. The summed E-state index contributed by atoms with van der Waals surface area (Å²) in [6.45, 7) is 5.97. The highest BCUT2D eigenvalue weighted by molar-refractivity contribution is 5.61. The zero-order chi connectivity index (χ0) is 26.2. The Morgan fingerprint density at radius 1 is 1.03 bits per heavy atom. The van der Waals surface area contributed by atoms with E-state index in [1.807, 2.05) is 0 Å². The van der Waals surface area contributed by atoms with Crippen LogP contribution < -0.4 is 19.7 Å². The van der Waals surface area contributed by atoms with Gasteiger partial charge in [-0.25, -0.2) is 4.39 Å². The van der Waals surface area contributed by atoms with Gasteiger partial charge in [0.15, 0.2) is 11.6 Å². The van der Waals surface area contributed by atoms with Gasteiger partial charge in [-0.1, -0.05) is 42.5 Å². The summed E-state index contributed by atoms with van der Waals surface area (Å²) in [6.07, 6.45) is 2.08. The lowest BCUT2D eigenvalue weighted by molar-refractivity contribution is 0.0106. The number of nitrogens with one attached hydrogen (secondary N) is 1. The summed E-state index contributed by atoms with van der Waals surface area (Å²) >= 11 is 0. The van der Waals surface area contributed by atoms with Crippen LogP contribution in [0.3, 0.4) is 0 Å². The number of hydrogen-bond acceptors (Lipinski definition) is 6. The van der Waals surface area contributed by atoms with Crippen molar-refractivity contribution in [2.75, 3.05) is 51.4 Å². The smallest absolute Gasteiger partial charge is 0.165 e. The van der Waals surface area contributed by atoms with Gasteiger partial charge in [-0.05, 0) is 60.3 Å². The van der Waals surface area contributed by atoms with Gasteiger partial charge < -0.3 is 29.2 Å². The average molecular weight is 521 g/mol. The molecular weight excluding hydrogens is 483 g/mol. The maximum atomic E-state index is 13.8. The number of anilines is 1. The van der Waals surface area contributed by atoms with Crippen molar-refractivity contribution in [2.24, 2.45) is 0 Å². The fourth-order valence-electron chi connectivity index (χ4n) is 5.21. The molecule has 0 radical (unpaired) electrons. The second-order valence-corrected chi connectivity index (χ2v) is 9.89. The van der Waals surface area contributed by atoms with Crippen LogP contribution in [0.4, 0.5) is 10.1 Å². The minimum Gasteiger partial charge on any atom is -0.490 e. The normalized spacial score (nSPS) is 19.1. The molecule has 0 bridgehead atoms. The zero-order valence-corrected chi connectivity index (χ0v) is 22.0. The highest BCUT2D eigenvalue weighted by Crippen LogP contribution is 2.34. The van der Waals surface area contributed by atoms with Gasteiger partial charge in [-0.15, -0.1) is 0 Å². The molecule has 0 spiro atoms. The summed E-state index contributed by atoms with van der Waals surface area (Å²) in [5.74, 6) is 1.18. The molecule has 1 fully saturated rings. The fraction of sp³-hybridized carbons (Fsp3) is 0.419. The van der Waals surface area contributed by atoms with Crippen LogP contribution in [0.2, 0.25) is 0 Å². The van der Waals surface area contributed by atoms with E-state index in [2.05, 4.69) is 52.7 Å². The third-order valence-corrected chi connectivity index (χ3v) is 7.29. The maximum absolute atomic E-state index is 13.8. The van der Waals surface area contributed by atoms with Crippen LogP contribution in [0.5, 0.6) is 11.5 Å². The first-order valence-corrected chi connectivity index (χ1v) is 13.5. The van der Waals surface area contributed by atoms with Crippen molar-refractivity contribution in [3.05, 3.63) is 89.2 Å². The first kappa shape index (κ1) is 26.5. The Bertz CT molecular complexity index is 1170. The van der Waals surface area contributed by atoms with Crippen LogP contribution in [0, 0.1) is 5.82 Å². The first-order valence-electron chi connectivity index (χ1n) is 13.5. The molecule has 202 valence electrons. The van der Waals surface area contributed by atoms with Crippen molar-refractivity contribution < 1.29 is 23.3 Å². The Hall–Kier alpha value is -3.13. The van der Waals surface area contributed by atoms with E-state index in [9.17, 15) is 4.39 Å². The molecular formula is C31H37FN2O4. The van der Waals surface area contributed by atoms with Gasteiger partial charge in [-0.2, -0.15) is 0 Å². The van der Waals surface area contributed by atoms with E-state index in [1.165, 1.54) is 11.6 Å². The number of para-hydroxylation sites is 1. The number of nitrogens with zero attached hydrogens (tertiary/aromatic N) is 1. The molecule has 7 heteroatoms. The molecule has 2 unspecified atom stereocenters. The summed E-state index contributed by atoms with van der Waals surface area (Å²) in [4.78, 5) is 2.38. The van der Waals surface area contributed by atoms with E-state index >= 15 is 0 Å². The van der Waals surface area contributed by atoms with Gasteiger partial charge in [-0.3, -0.25) is 0 Å². The lowest BCUT2D eigenvalue weighted by Crippen LogP contribution is -2.41. The molecule has 1 N–H and O–H groups in total. The van der Waals surface area contributed by atoms with E-state index < -0.39 is 0 Å². The molecule has 0 amide bonds. The summed E-state index contributed by atoms with van der Waals surface area (Å²) in [5, 5.41) is 3.49. The lowest BCUT2D eigenvalue weighted by atomic mass is 9.87. The monoisotopic (exact) mass is 520 g/mol. The standard InChI is InChI=1S/C31H37FN2O4/c1-35-17-4-15-34-16-18-36-30-12-9-24(19-28(30)34)22-38-31-20-33-14-13-26(31)25-10-7-23(8-11-25)21-37-29-6-3-2-5-27(29)32/h2-3,5-12,19,26,31,33H,4,13-18,20-22H2,1H3. The SMILES string of the molecule is COCCCN1CCOc2ccc(COC3CNCCC3c3ccc(COc4ccccc4F)cc3)cc21. The molecule has 0 aliphatic carbocycles. The van der Waals surface area contributed by atoms with E-state index in [-0.39, 0.29) is 17.7 Å². The van der Waals surface area contributed by atoms with E-state index in [4.69, 9.17) is 18.9 Å². The Labute approximate surface area is 224 Å². The Morgan fingerprint density at radius 3 is 2.71 bits per heavy atom. The number of rotatable bonds is 11. The molecule has 5 rings (SSSR count). The predicted molar refractivity (Wildman–Crippen MR) is 147 cm³/mol. The summed E-state index contributed by atoms with van der Waals surface area (Å²) in [5.41, 5.74) is 4.56. The second kappa shape index (κ2) is 13.1. The molecule has 6 nitrogen and oxygen atoms in total. The van der Waals surface area contributed by atoms with Gasteiger partial charge >= 0.3 is 0 Å². The van der Waals surface area contributed by atoms with Crippen LogP contribution >= 0.6 is 0 Å². The molecule has 0 aromatic heterocycles. The molecule has 2 heterocycles. The van der Waals surface area contributed by atoms with Gasteiger partial charge in [0.2, 0.25) is 0 Å². The molecule has 2 atom stereocenters. The number of methoxy groups -OCH3 is 1. The molecule has 38 heavy (non-hydrogen) atoms. The first-order chi connectivity index (χ1) is 18.7. The van der Waals surface area contributed by atoms with Gasteiger partial charge in [0.1, 0.15) is 19.0 Å². The van der Waals surface area contributed by atoms with E-state index in [0.29, 0.717) is 25.7 Å². The Balaban J connectivity index is 1.20. The van der Waals surface area contributed by atoms with Gasteiger partial charge in [0.05, 0.1) is 24.9 Å². The molecule has 2 aliphatic rings. The summed E-state index contributed by atoms with van der Waals surface area (Å²) in [7, 11) is 1.74. The van der Waals surface area contributed by atoms with Crippen molar-refractivity contribution >= 4 is 5.69 Å². The molecule has 0 saturated carbocycles. The van der Waals surface area contributed by atoms with Crippen LogP contribution in [0.15, 0.2) is 66.7 Å². The number of halogens is 1. The van der Waals surface area contributed by atoms with Crippen LogP contribution in [-0.2, 0) is 22.7 Å². The summed E-state index contributed by atoms with van der Waals surface area (Å²) in [6, 6.07) is 21.3. The Morgan fingerprint density at radius 2 is 1.87 bits per heavy atom. The van der Waals surface area contributed by atoms with Gasteiger partial charge in [0, 0.05) is 32.7 Å². The third kappa shape index (κ3) is 6.65. The minimum absolute atomic E-state index is 0.0781. The minimum atomic E-state index is -0.343. The van der Waals surface area contributed by atoms with Crippen molar-refractivity contribution in [2.45, 2.75) is 38.1 Å². The van der Waals surface area contributed by atoms with E-state index in [1.54, 1.807) is 25.3 Å². The largest absolute Gasteiger partial charge is 0.490 e. The second-order valence-electron chi connectivity index (χ2n) is 9.89. The zero-order valence-electron chi connectivity index (χ0n) is 22.0. The molecule has 3 aromatic rings. The van der Waals surface area contributed by atoms with Crippen LogP contribution in [-0.4, -0.2) is 52.6 Å². The number of fused-ring (bicyclic) bond motifs is 1. The number of ether oxygens (including phenoxy) is 4. The highest BCUT2D eigenvalue weighted by atomic mass is 19.1. The molecule has 1 saturated heterocycles. The fourth-order valence-corrected chi connectivity index (χ4v) is 5.21. The lowest BCUT2D eigenvalue weighted by Gasteiger charge is -2.33. The van der Waals surface area contributed by atoms with Crippen molar-refractivity contribution in [1.29, 1.82) is 0 Å². The van der Waals surface area contributed by atoms with Gasteiger partial charge in [0.25, 0.3) is 0 Å². The quantitative estimate of drug-likeness (QED) is 0.346.